The van der Waals surface area contributed by atoms with Crippen molar-refractivity contribution in [3.8, 4) is 0 Å². The molecule has 0 saturated heterocycles. The first-order valence-electron chi connectivity index (χ1n) is 8.50. The fourth-order valence-corrected chi connectivity index (χ4v) is 4.80. The summed E-state index contributed by atoms with van der Waals surface area (Å²) in [6.45, 7) is 5.59. The van der Waals surface area contributed by atoms with Gasteiger partial charge in [-0.15, -0.1) is 11.3 Å². The molecule has 3 aromatic rings. The second kappa shape index (κ2) is 8.19. The standard InChI is InChI=1S/C18H15F3N4O3S2/c1-8-9(2)30-17-15(8)16(22-10(3)23-17)29-7-14(26)24-13-5-4-11(25(27)28)6-12(13)18(19,20)21/h4-6H,7H2,1-3H3,(H,24,26). The molecular formula is C18H15F3N4O3S2. The lowest BCUT2D eigenvalue weighted by Gasteiger charge is -2.13. The minimum Gasteiger partial charge on any atom is -0.325 e. The molecule has 0 aliphatic rings. The molecule has 30 heavy (non-hydrogen) atoms. The highest BCUT2D eigenvalue weighted by Gasteiger charge is 2.35. The van der Waals surface area contributed by atoms with Gasteiger partial charge in [0.25, 0.3) is 5.69 Å². The molecule has 7 nitrogen and oxygen atoms in total. The predicted molar refractivity (Wildman–Crippen MR) is 109 cm³/mol. The molecule has 2 heterocycles. The maximum atomic E-state index is 13.3. The van der Waals surface area contributed by atoms with E-state index in [9.17, 15) is 28.1 Å². The third-order valence-electron chi connectivity index (χ3n) is 4.24. The summed E-state index contributed by atoms with van der Waals surface area (Å²) in [5, 5.41) is 14.4. The van der Waals surface area contributed by atoms with E-state index in [2.05, 4.69) is 15.3 Å². The average molecular weight is 456 g/mol. The Kier molecular flexibility index (Phi) is 5.99. The second-order valence-corrected chi connectivity index (χ2v) is 8.53. The Morgan fingerprint density at radius 1 is 1.27 bits per heavy atom. The number of hydrogen-bond donors (Lipinski definition) is 1. The normalized spacial score (nSPS) is 11.7. The van der Waals surface area contributed by atoms with Crippen molar-refractivity contribution in [2.75, 3.05) is 11.1 Å². The van der Waals surface area contributed by atoms with Gasteiger partial charge in [-0.2, -0.15) is 13.2 Å². The van der Waals surface area contributed by atoms with Gasteiger partial charge >= 0.3 is 6.18 Å². The number of aryl methyl sites for hydroxylation is 3. The molecule has 0 radical (unpaired) electrons. The van der Waals surface area contributed by atoms with E-state index in [1.165, 1.54) is 11.3 Å². The molecule has 0 aliphatic carbocycles. The van der Waals surface area contributed by atoms with Gasteiger partial charge in [-0.25, -0.2) is 9.97 Å². The minimum atomic E-state index is -4.86. The van der Waals surface area contributed by atoms with E-state index in [-0.39, 0.29) is 5.75 Å². The Balaban J connectivity index is 1.82. The number of nitrogens with one attached hydrogen (secondary N) is 1. The smallest absolute Gasteiger partial charge is 0.325 e. The Morgan fingerprint density at radius 3 is 2.60 bits per heavy atom. The van der Waals surface area contributed by atoms with Crippen LogP contribution >= 0.6 is 23.1 Å². The molecule has 0 saturated carbocycles. The number of thioether (sulfide) groups is 1. The molecule has 2 aromatic heterocycles. The minimum absolute atomic E-state index is 0.186. The summed E-state index contributed by atoms with van der Waals surface area (Å²) in [6.07, 6.45) is -4.86. The van der Waals surface area contributed by atoms with Gasteiger partial charge in [0.2, 0.25) is 5.91 Å². The van der Waals surface area contributed by atoms with Crippen molar-refractivity contribution in [2.24, 2.45) is 0 Å². The lowest BCUT2D eigenvalue weighted by atomic mass is 10.1. The van der Waals surface area contributed by atoms with Crippen LogP contribution in [0.15, 0.2) is 23.2 Å². The number of nitro groups is 1. The van der Waals surface area contributed by atoms with Crippen LogP contribution in [0.25, 0.3) is 10.2 Å². The highest BCUT2D eigenvalue weighted by Crippen LogP contribution is 2.38. The summed E-state index contributed by atoms with van der Waals surface area (Å²) in [4.78, 5) is 32.8. The lowest BCUT2D eigenvalue weighted by Crippen LogP contribution is -2.18. The summed E-state index contributed by atoms with van der Waals surface area (Å²) in [5.74, 6) is -0.344. The number of nitrogens with zero attached hydrogens (tertiary/aromatic N) is 3. The predicted octanol–water partition coefficient (Wildman–Crippen LogP) is 5.27. The Labute approximate surface area is 176 Å². The van der Waals surface area contributed by atoms with Gasteiger partial charge in [-0.05, 0) is 32.4 Å². The number of benzene rings is 1. The average Bonchev–Trinajstić information content (AvgIpc) is 2.92. The first-order valence-corrected chi connectivity index (χ1v) is 10.3. The zero-order valence-corrected chi connectivity index (χ0v) is 17.6. The number of non-ortho nitro benzene ring substituents is 1. The van der Waals surface area contributed by atoms with Crippen molar-refractivity contribution in [1.29, 1.82) is 0 Å². The van der Waals surface area contributed by atoms with Crippen molar-refractivity contribution in [3.05, 3.63) is 50.1 Å². The maximum Gasteiger partial charge on any atom is 0.418 e. The highest BCUT2D eigenvalue weighted by molar-refractivity contribution is 8.00. The molecule has 0 atom stereocenters. The molecule has 1 amide bonds. The van der Waals surface area contributed by atoms with Crippen LogP contribution in [-0.4, -0.2) is 26.6 Å². The number of amides is 1. The Morgan fingerprint density at radius 2 is 1.97 bits per heavy atom. The van der Waals surface area contributed by atoms with Crippen LogP contribution in [-0.2, 0) is 11.0 Å². The van der Waals surface area contributed by atoms with Crippen LogP contribution in [0.3, 0.4) is 0 Å². The molecule has 3 rings (SSSR count). The molecule has 0 fully saturated rings. The second-order valence-electron chi connectivity index (χ2n) is 6.36. The van der Waals surface area contributed by atoms with Crippen molar-refractivity contribution in [3.63, 3.8) is 0 Å². The zero-order chi connectivity index (χ0) is 22.2. The van der Waals surface area contributed by atoms with Crippen LogP contribution in [0.2, 0.25) is 0 Å². The molecular weight excluding hydrogens is 441 g/mol. The van der Waals surface area contributed by atoms with E-state index in [1.54, 1.807) is 6.92 Å². The van der Waals surface area contributed by atoms with E-state index < -0.39 is 33.9 Å². The third-order valence-corrected chi connectivity index (χ3v) is 6.32. The first-order chi connectivity index (χ1) is 14.0. The lowest BCUT2D eigenvalue weighted by molar-refractivity contribution is -0.385. The quantitative estimate of drug-likeness (QED) is 0.243. The Bertz CT molecular complexity index is 1160. The molecule has 0 aliphatic heterocycles. The van der Waals surface area contributed by atoms with E-state index in [4.69, 9.17) is 0 Å². The van der Waals surface area contributed by atoms with Crippen LogP contribution in [0.5, 0.6) is 0 Å². The van der Waals surface area contributed by atoms with Crippen molar-refractivity contribution in [2.45, 2.75) is 32.0 Å². The third kappa shape index (κ3) is 4.54. The van der Waals surface area contributed by atoms with E-state index in [0.29, 0.717) is 16.9 Å². The molecule has 0 bridgehead atoms. The van der Waals surface area contributed by atoms with E-state index in [1.807, 2.05) is 13.8 Å². The summed E-state index contributed by atoms with van der Waals surface area (Å²) in [5.41, 5.74) is -1.53. The number of rotatable bonds is 5. The number of carbonyl (C=O) groups is 1. The van der Waals surface area contributed by atoms with Crippen LogP contribution in [0.4, 0.5) is 24.5 Å². The van der Waals surface area contributed by atoms with Gasteiger partial charge in [-0.3, -0.25) is 14.9 Å². The number of hydrogen-bond acceptors (Lipinski definition) is 7. The van der Waals surface area contributed by atoms with Gasteiger partial charge in [-0.1, -0.05) is 11.8 Å². The van der Waals surface area contributed by atoms with Gasteiger partial charge in [0.15, 0.2) is 0 Å². The summed E-state index contributed by atoms with van der Waals surface area (Å²) < 4.78 is 39.8. The monoisotopic (exact) mass is 456 g/mol. The highest BCUT2D eigenvalue weighted by atomic mass is 32.2. The van der Waals surface area contributed by atoms with Crippen molar-refractivity contribution < 1.29 is 22.9 Å². The van der Waals surface area contributed by atoms with Gasteiger partial charge in [0, 0.05) is 22.4 Å². The number of fused-ring (bicyclic) bond motifs is 1. The van der Waals surface area contributed by atoms with E-state index in [0.717, 1.165) is 44.6 Å². The first kappa shape index (κ1) is 22.0. The molecule has 1 N–H and O–H groups in total. The Hall–Kier alpha value is -2.73. The number of carbonyl (C=O) groups excluding carboxylic acids is 1. The molecule has 12 heteroatoms. The van der Waals surface area contributed by atoms with Crippen molar-refractivity contribution >= 4 is 50.6 Å². The molecule has 158 valence electrons. The number of anilines is 1. The largest absolute Gasteiger partial charge is 0.418 e. The zero-order valence-electron chi connectivity index (χ0n) is 16.0. The summed E-state index contributed by atoms with van der Waals surface area (Å²) in [6, 6.07) is 2.19. The topological polar surface area (TPSA) is 98.0 Å². The number of thiophene rings is 1. The fraction of sp³-hybridized carbons (Fsp3) is 0.278. The number of aromatic nitrogens is 2. The number of nitro benzene ring substituents is 1. The van der Waals surface area contributed by atoms with Crippen LogP contribution < -0.4 is 5.32 Å². The molecule has 0 unspecified atom stereocenters. The molecule has 1 aromatic carbocycles. The van der Waals surface area contributed by atoms with Crippen LogP contribution in [0.1, 0.15) is 21.8 Å². The summed E-state index contributed by atoms with van der Waals surface area (Å²) >= 11 is 2.60. The van der Waals surface area contributed by atoms with Crippen molar-refractivity contribution in [1.82, 2.24) is 9.97 Å². The number of halogens is 3. The number of alkyl halides is 3. The van der Waals surface area contributed by atoms with Gasteiger partial charge in [0.1, 0.15) is 15.7 Å². The van der Waals surface area contributed by atoms with E-state index >= 15 is 0 Å². The fourth-order valence-electron chi connectivity index (χ4n) is 2.73. The van der Waals surface area contributed by atoms with Gasteiger partial charge < -0.3 is 5.32 Å². The SMILES string of the molecule is Cc1nc(SCC(=O)Nc2ccc([N+](=O)[O-])cc2C(F)(F)F)c2c(C)c(C)sc2n1. The van der Waals surface area contributed by atoms with Gasteiger partial charge in [0.05, 0.1) is 21.9 Å². The molecule has 0 spiro atoms. The maximum absolute atomic E-state index is 13.3. The summed E-state index contributed by atoms with van der Waals surface area (Å²) in [7, 11) is 0. The van der Waals surface area contributed by atoms with Crippen LogP contribution in [0, 0.1) is 30.9 Å².